The summed E-state index contributed by atoms with van der Waals surface area (Å²) in [6.07, 6.45) is 1.26. The van der Waals surface area contributed by atoms with E-state index in [1.807, 2.05) is 0 Å². The molecule has 0 fully saturated rings. The van der Waals surface area contributed by atoms with Gasteiger partial charge in [-0.25, -0.2) is 14.2 Å². The largest absolute Gasteiger partial charge is 0.478 e. The molecule has 2 aromatic heterocycles. The van der Waals surface area contributed by atoms with Gasteiger partial charge in [0.1, 0.15) is 11.5 Å². The molecule has 0 saturated carbocycles. The van der Waals surface area contributed by atoms with Gasteiger partial charge in [-0.3, -0.25) is 4.40 Å². The third-order valence-electron chi connectivity index (χ3n) is 3.17. The molecule has 0 aliphatic carbocycles. The number of aryl methyl sites for hydroxylation is 1. The highest BCUT2D eigenvalue weighted by Crippen LogP contribution is 2.26. The van der Waals surface area contributed by atoms with Crippen LogP contribution in [-0.2, 0) is 0 Å². The molecule has 1 aromatic carbocycles. The number of pyridine rings is 1. The van der Waals surface area contributed by atoms with Crippen molar-refractivity contribution in [2.75, 3.05) is 0 Å². The van der Waals surface area contributed by atoms with E-state index in [9.17, 15) is 9.18 Å². The molecule has 0 radical (unpaired) electrons. The van der Waals surface area contributed by atoms with Gasteiger partial charge in [0.2, 0.25) is 0 Å². The summed E-state index contributed by atoms with van der Waals surface area (Å²) in [7, 11) is 0. The number of imidazole rings is 1. The molecule has 3 aromatic rings. The minimum atomic E-state index is -1.15. The summed E-state index contributed by atoms with van der Waals surface area (Å²) in [5, 5.41) is 17.2. The van der Waals surface area contributed by atoms with Crippen molar-refractivity contribution in [2.24, 2.45) is 10.2 Å². The molecule has 116 valence electrons. The van der Waals surface area contributed by atoms with E-state index in [-0.39, 0.29) is 10.6 Å². The van der Waals surface area contributed by atoms with E-state index in [2.05, 4.69) is 15.2 Å². The maximum atomic E-state index is 13.4. The number of fused-ring (bicyclic) bond motifs is 1. The van der Waals surface area contributed by atoms with Crippen LogP contribution < -0.4 is 0 Å². The van der Waals surface area contributed by atoms with Gasteiger partial charge in [-0.15, -0.1) is 10.2 Å². The van der Waals surface area contributed by atoms with Gasteiger partial charge in [-0.05, 0) is 37.3 Å². The lowest BCUT2D eigenvalue weighted by molar-refractivity contribution is 0.0697. The van der Waals surface area contributed by atoms with Crippen molar-refractivity contribution in [3.05, 3.63) is 58.6 Å². The minimum Gasteiger partial charge on any atom is -0.478 e. The number of rotatable bonds is 3. The molecule has 0 amide bonds. The lowest BCUT2D eigenvalue weighted by Crippen LogP contribution is -1.96. The van der Waals surface area contributed by atoms with Crippen LogP contribution in [0.5, 0.6) is 0 Å². The predicted octanol–water partition coefficient (Wildman–Crippen LogP) is 4.55. The Kier molecular flexibility index (Phi) is 3.79. The van der Waals surface area contributed by atoms with Crippen molar-refractivity contribution < 1.29 is 14.3 Å². The normalized spacial score (nSPS) is 11.4. The highest BCUT2D eigenvalue weighted by Gasteiger charge is 2.11. The summed E-state index contributed by atoms with van der Waals surface area (Å²) in [4.78, 5) is 15.3. The van der Waals surface area contributed by atoms with Crippen molar-refractivity contribution in [3.8, 4) is 0 Å². The minimum absolute atomic E-state index is 0.0657. The number of aromatic carboxylic acids is 1. The number of azo groups is 1. The van der Waals surface area contributed by atoms with Crippen molar-refractivity contribution in [1.82, 2.24) is 9.38 Å². The van der Waals surface area contributed by atoms with Crippen LogP contribution in [0.25, 0.3) is 5.65 Å². The molecule has 0 unspecified atom stereocenters. The van der Waals surface area contributed by atoms with Gasteiger partial charge in [-0.1, -0.05) is 11.6 Å². The lowest BCUT2D eigenvalue weighted by Gasteiger charge is -2.00. The maximum absolute atomic E-state index is 13.4. The van der Waals surface area contributed by atoms with E-state index in [1.54, 1.807) is 6.92 Å². The number of halogens is 2. The number of carboxylic acid groups (broad SMARTS) is 1. The molecule has 8 heteroatoms. The van der Waals surface area contributed by atoms with Gasteiger partial charge < -0.3 is 5.11 Å². The predicted molar refractivity (Wildman–Crippen MR) is 82.5 cm³/mol. The smallest absolute Gasteiger partial charge is 0.337 e. The quantitative estimate of drug-likeness (QED) is 0.714. The maximum Gasteiger partial charge on any atom is 0.337 e. The molecule has 3 rings (SSSR count). The summed E-state index contributed by atoms with van der Waals surface area (Å²) < 4.78 is 14.8. The molecular weight excluding hydrogens is 323 g/mol. The number of nitrogens with zero attached hydrogens (tertiary/aromatic N) is 4. The van der Waals surface area contributed by atoms with Crippen LogP contribution in [0.4, 0.5) is 15.9 Å². The van der Waals surface area contributed by atoms with E-state index >= 15 is 0 Å². The number of carbonyl (C=O) groups is 1. The second-order valence-electron chi connectivity index (χ2n) is 4.77. The first kappa shape index (κ1) is 15.1. The second-order valence-corrected chi connectivity index (χ2v) is 5.17. The fourth-order valence-corrected chi connectivity index (χ4v) is 2.29. The summed E-state index contributed by atoms with van der Waals surface area (Å²) in [6, 6.07) is 7.12. The van der Waals surface area contributed by atoms with Crippen molar-refractivity contribution in [2.45, 2.75) is 6.92 Å². The first-order chi connectivity index (χ1) is 11.0. The third-order valence-corrected chi connectivity index (χ3v) is 3.50. The highest BCUT2D eigenvalue weighted by molar-refractivity contribution is 6.33. The van der Waals surface area contributed by atoms with Crippen LogP contribution in [0.2, 0.25) is 5.02 Å². The van der Waals surface area contributed by atoms with Crippen molar-refractivity contribution in [1.29, 1.82) is 0 Å². The van der Waals surface area contributed by atoms with Gasteiger partial charge in [0.15, 0.2) is 5.82 Å². The first-order valence-corrected chi connectivity index (χ1v) is 6.92. The number of benzene rings is 1. The zero-order valence-corrected chi connectivity index (χ0v) is 12.6. The molecule has 23 heavy (non-hydrogen) atoms. The van der Waals surface area contributed by atoms with E-state index < -0.39 is 11.8 Å². The zero-order valence-electron chi connectivity index (χ0n) is 11.9. The van der Waals surface area contributed by atoms with Gasteiger partial charge in [0.05, 0.1) is 22.0 Å². The molecule has 0 bridgehead atoms. The SMILES string of the molecule is Cc1nc2ccc(F)cn2c1N=Nc1ccc(Cl)c(C(=O)O)c1. The fourth-order valence-electron chi connectivity index (χ4n) is 2.09. The average Bonchev–Trinajstić information content (AvgIpc) is 2.81. The van der Waals surface area contributed by atoms with E-state index in [0.717, 1.165) is 0 Å². The highest BCUT2D eigenvalue weighted by atomic mass is 35.5. The monoisotopic (exact) mass is 332 g/mol. The Morgan fingerprint density at radius 2 is 2.09 bits per heavy atom. The molecule has 0 atom stereocenters. The molecule has 0 saturated heterocycles. The number of aromatic nitrogens is 2. The third kappa shape index (κ3) is 2.91. The molecule has 1 N–H and O–H groups in total. The van der Waals surface area contributed by atoms with Crippen LogP contribution in [0, 0.1) is 12.7 Å². The molecule has 0 aliphatic rings. The van der Waals surface area contributed by atoms with Gasteiger partial charge >= 0.3 is 5.97 Å². The Morgan fingerprint density at radius 1 is 1.30 bits per heavy atom. The van der Waals surface area contributed by atoms with Gasteiger partial charge in [0, 0.05) is 6.20 Å². The van der Waals surface area contributed by atoms with E-state index in [1.165, 1.54) is 40.9 Å². The summed E-state index contributed by atoms with van der Waals surface area (Å²) in [6.45, 7) is 1.73. The van der Waals surface area contributed by atoms with Gasteiger partial charge in [-0.2, -0.15) is 0 Å². The Morgan fingerprint density at radius 3 is 2.83 bits per heavy atom. The molecular formula is C15H10ClFN4O2. The molecule has 6 nitrogen and oxygen atoms in total. The van der Waals surface area contributed by atoms with Crippen molar-refractivity contribution >= 4 is 34.7 Å². The van der Waals surface area contributed by atoms with E-state index in [4.69, 9.17) is 16.7 Å². The number of hydrogen-bond acceptors (Lipinski definition) is 4. The van der Waals surface area contributed by atoms with Crippen LogP contribution in [-0.4, -0.2) is 20.5 Å². The fraction of sp³-hybridized carbons (Fsp3) is 0.0667. The molecule has 0 aliphatic heterocycles. The summed E-state index contributed by atoms with van der Waals surface area (Å²) in [5.41, 5.74) is 1.37. The topological polar surface area (TPSA) is 79.3 Å². The Bertz CT molecular complexity index is 952. The van der Waals surface area contributed by atoms with Crippen LogP contribution >= 0.6 is 11.6 Å². The zero-order chi connectivity index (χ0) is 16.6. The number of hydrogen-bond donors (Lipinski definition) is 1. The average molecular weight is 333 g/mol. The van der Waals surface area contributed by atoms with Crippen molar-refractivity contribution in [3.63, 3.8) is 0 Å². The Hall–Kier alpha value is -2.80. The number of carboxylic acids is 1. The standard InChI is InChI=1S/C15H10ClFN4O2/c1-8-14(21-7-9(17)2-5-13(21)18-8)20-19-10-3-4-12(16)11(6-10)15(22)23/h2-7H,1H3,(H,22,23). The Balaban J connectivity index is 2.04. The lowest BCUT2D eigenvalue weighted by atomic mass is 10.2. The van der Waals surface area contributed by atoms with Crippen LogP contribution in [0.15, 0.2) is 46.8 Å². The molecule has 0 spiro atoms. The summed E-state index contributed by atoms with van der Waals surface area (Å²) in [5.74, 6) is -1.21. The summed E-state index contributed by atoms with van der Waals surface area (Å²) >= 11 is 5.80. The second kappa shape index (κ2) is 5.77. The Labute approximate surface area is 134 Å². The molecule has 2 heterocycles. The first-order valence-electron chi connectivity index (χ1n) is 6.54. The van der Waals surface area contributed by atoms with E-state index in [0.29, 0.717) is 22.8 Å². The van der Waals surface area contributed by atoms with Crippen LogP contribution in [0.3, 0.4) is 0 Å². The van der Waals surface area contributed by atoms with Crippen LogP contribution in [0.1, 0.15) is 16.1 Å². The van der Waals surface area contributed by atoms with Gasteiger partial charge in [0.25, 0.3) is 0 Å².